The summed E-state index contributed by atoms with van der Waals surface area (Å²) in [6.07, 6.45) is 0. The lowest BCUT2D eigenvalue weighted by molar-refractivity contribution is 1.86. The van der Waals surface area contributed by atoms with Crippen LogP contribution in [0.3, 0.4) is 0 Å². The molecule has 2 rings (SSSR count). The van der Waals surface area contributed by atoms with Gasteiger partial charge in [-0.3, -0.25) is 4.91 Å². The van der Waals surface area contributed by atoms with Crippen LogP contribution in [0, 0.1) is 0 Å². The molecule has 0 aliphatic heterocycles. The van der Waals surface area contributed by atoms with Gasteiger partial charge in [0.25, 0.3) is 0 Å². The van der Waals surface area contributed by atoms with Crippen molar-refractivity contribution in [3.05, 3.63) is 51.7 Å². The molecule has 0 radical (unpaired) electrons. The highest BCUT2D eigenvalue weighted by Crippen LogP contribution is 2.18. The second-order valence-electron chi connectivity index (χ2n) is 2.05. The van der Waals surface area contributed by atoms with E-state index in [0.717, 1.165) is 0 Å². The van der Waals surface area contributed by atoms with Crippen molar-refractivity contribution in [1.29, 1.82) is 0 Å². The maximum atomic E-state index is 6.75. The minimum atomic E-state index is 1.35. The Hall–Kier alpha value is -1.51. The van der Waals surface area contributed by atoms with Gasteiger partial charge in [0.15, 0.2) is 0 Å². The van der Waals surface area contributed by atoms with Crippen LogP contribution in [0.4, 0.5) is 0 Å². The number of thiophene rings is 1. The molecule has 1 heterocycles. The van der Waals surface area contributed by atoms with Gasteiger partial charge in [-0.25, -0.2) is 0 Å². The van der Waals surface area contributed by atoms with E-state index in [1.54, 1.807) is 11.3 Å². The number of hydrogen-bond donors (Lipinski definition) is 0. The quantitative estimate of drug-likeness (QED) is 0.333. The van der Waals surface area contributed by atoms with Crippen molar-refractivity contribution in [2.75, 3.05) is 0 Å². The zero-order chi connectivity index (χ0) is 8.81. The topological polar surface area (TPSA) is 58.7 Å². The van der Waals surface area contributed by atoms with Crippen molar-refractivity contribution in [3.63, 3.8) is 0 Å². The number of hydrogen-bond acceptors (Lipinski definition) is 1. The summed E-state index contributed by atoms with van der Waals surface area (Å²) in [6.45, 7) is 0. The monoisotopic (exact) mass is 176 g/mol. The van der Waals surface area contributed by atoms with Crippen molar-refractivity contribution >= 4 is 21.4 Å². The lowest BCUT2D eigenvalue weighted by Crippen LogP contribution is -1.56. The van der Waals surface area contributed by atoms with Crippen LogP contribution in [0.1, 0.15) is 0 Å². The van der Waals surface area contributed by atoms with Crippen LogP contribution in [0.15, 0.2) is 35.7 Å². The molecule has 12 heavy (non-hydrogen) atoms. The normalized spacial score (nSPS) is 8.33. The third-order valence-electron chi connectivity index (χ3n) is 1.36. The molecular formula is C8H6N3S-. The van der Waals surface area contributed by atoms with Crippen LogP contribution in [-0.4, -0.2) is 0 Å². The van der Waals surface area contributed by atoms with Gasteiger partial charge < -0.3 is 11.1 Å². The molecule has 0 fully saturated rings. The van der Waals surface area contributed by atoms with Gasteiger partial charge in [0, 0.05) is 4.70 Å². The standard InChI is InChI=1S/C8H6S.N3/c1-2-4-8-7(3-1)5-6-9-8;1-3-2/h1-6H;/q;-1. The van der Waals surface area contributed by atoms with Gasteiger partial charge in [-0.1, -0.05) is 18.2 Å². The Balaban J connectivity index is 0.000000213. The van der Waals surface area contributed by atoms with Crippen LogP contribution < -0.4 is 0 Å². The summed E-state index contributed by atoms with van der Waals surface area (Å²) in [7, 11) is 0. The van der Waals surface area contributed by atoms with E-state index in [1.165, 1.54) is 15.0 Å². The van der Waals surface area contributed by atoms with E-state index in [4.69, 9.17) is 11.1 Å². The third-order valence-corrected chi connectivity index (χ3v) is 2.26. The summed E-state index contributed by atoms with van der Waals surface area (Å²) in [5.41, 5.74) is 13.5. The molecular weight excluding hydrogens is 170 g/mol. The molecule has 0 aliphatic carbocycles. The molecule has 1 aromatic heterocycles. The number of rotatable bonds is 0. The molecule has 2 aromatic rings. The van der Waals surface area contributed by atoms with Gasteiger partial charge in [0.05, 0.1) is 0 Å². The van der Waals surface area contributed by atoms with Gasteiger partial charge in [0.2, 0.25) is 0 Å². The van der Waals surface area contributed by atoms with E-state index in [0.29, 0.717) is 0 Å². The molecule has 0 bridgehead atoms. The van der Waals surface area contributed by atoms with E-state index in [-0.39, 0.29) is 0 Å². The van der Waals surface area contributed by atoms with Crippen LogP contribution in [-0.2, 0) is 0 Å². The highest BCUT2D eigenvalue weighted by Gasteiger charge is 1.87. The molecule has 3 nitrogen and oxygen atoms in total. The molecule has 1 aromatic carbocycles. The van der Waals surface area contributed by atoms with Crippen molar-refractivity contribution in [1.82, 2.24) is 0 Å². The first kappa shape index (κ1) is 8.59. The highest BCUT2D eigenvalue weighted by atomic mass is 32.1. The minimum Gasteiger partial charge on any atom is -0.373 e. The summed E-state index contributed by atoms with van der Waals surface area (Å²) in [5.74, 6) is 0. The van der Waals surface area contributed by atoms with Gasteiger partial charge in [-0.05, 0) is 22.9 Å². The lowest BCUT2D eigenvalue weighted by atomic mass is 10.3. The fourth-order valence-electron chi connectivity index (χ4n) is 0.906. The van der Waals surface area contributed by atoms with E-state index in [2.05, 4.69) is 35.7 Å². The molecule has 4 heteroatoms. The first-order valence-corrected chi connectivity index (χ1v) is 4.17. The first-order chi connectivity index (χ1) is 5.88. The smallest absolute Gasteiger partial charge is 0.0342 e. The van der Waals surface area contributed by atoms with Crippen LogP contribution >= 0.6 is 11.3 Å². The average molecular weight is 176 g/mol. The zero-order valence-electron chi connectivity index (χ0n) is 6.21. The maximum absolute atomic E-state index is 6.75. The Morgan fingerprint density at radius 2 is 1.75 bits per heavy atom. The van der Waals surface area contributed by atoms with Crippen molar-refractivity contribution in [2.24, 2.45) is 0 Å². The second-order valence-corrected chi connectivity index (χ2v) is 3.00. The Morgan fingerprint density at radius 1 is 1.08 bits per heavy atom. The van der Waals surface area contributed by atoms with Gasteiger partial charge in [-0.15, -0.1) is 11.3 Å². The van der Waals surface area contributed by atoms with Crippen LogP contribution in [0.5, 0.6) is 0 Å². The average Bonchev–Trinajstić information content (AvgIpc) is 2.52. The Labute approximate surface area is 73.7 Å². The SMILES string of the molecule is [N-]=[N+]=[N-].c1ccc2sccc2c1. The van der Waals surface area contributed by atoms with Gasteiger partial charge in [-0.2, -0.15) is 0 Å². The van der Waals surface area contributed by atoms with Crippen molar-refractivity contribution < 1.29 is 0 Å². The van der Waals surface area contributed by atoms with Crippen LogP contribution in [0.2, 0.25) is 0 Å². The van der Waals surface area contributed by atoms with Gasteiger partial charge >= 0.3 is 0 Å². The largest absolute Gasteiger partial charge is 0.373 e. The summed E-state index contributed by atoms with van der Waals surface area (Å²) in [5, 5.41) is 3.47. The summed E-state index contributed by atoms with van der Waals surface area (Å²) in [6, 6.07) is 10.5. The van der Waals surface area contributed by atoms with E-state index in [9.17, 15) is 0 Å². The predicted molar refractivity (Wildman–Crippen MR) is 51.9 cm³/mol. The highest BCUT2D eigenvalue weighted by molar-refractivity contribution is 7.17. The lowest BCUT2D eigenvalue weighted by Gasteiger charge is -1.82. The van der Waals surface area contributed by atoms with E-state index >= 15 is 0 Å². The van der Waals surface area contributed by atoms with E-state index in [1.807, 2.05) is 0 Å². The fraction of sp³-hybridized carbons (Fsp3) is 0. The molecule has 0 unspecified atom stereocenters. The third kappa shape index (κ3) is 1.99. The summed E-state index contributed by atoms with van der Waals surface area (Å²) in [4.78, 5) is 1.50. The summed E-state index contributed by atoms with van der Waals surface area (Å²) < 4.78 is 1.37. The molecule has 0 atom stereocenters. The summed E-state index contributed by atoms with van der Waals surface area (Å²) >= 11 is 1.79. The molecule has 0 amide bonds. The molecule has 0 spiro atoms. The Kier molecular flexibility index (Phi) is 3.14. The minimum absolute atomic E-state index is 1.35. The molecule has 0 N–H and O–H groups in total. The molecule has 0 aliphatic rings. The Bertz CT molecular complexity index is 358. The number of fused-ring (bicyclic) bond motifs is 1. The predicted octanol–water partition coefficient (Wildman–Crippen LogP) is 3.77. The Morgan fingerprint density at radius 3 is 2.42 bits per heavy atom. The fourth-order valence-corrected chi connectivity index (χ4v) is 1.70. The zero-order valence-corrected chi connectivity index (χ0v) is 7.03. The van der Waals surface area contributed by atoms with Gasteiger partial charge in [0.1, 0.15) is 0 Å². The van der Waals surface area contributed by atoms with Crippen LogP contribution in [0.25, 0.3) is 26.1 Å². The maximum Gasteiger partial charge on any atom is 0.0342 e. The first-order valence-electron chi connectivity index (χ1n) is 3.29. The number of benzene rings is 1. The van der Waals surface area contributed by atoms with Crippen molar-refractivity contribution in [2.45, 2.75) is 0 Å². The molecule has 0 saturated carbocycles. The number of nitrogens with zero attached hydrogens (tertiary/aromatic N) is 3. The molecule has 60 valence electrons. The van der Waals surface area contributed by atoms with Crippen molar-refractivity contribution in [3.8, 4) is 0 Å². The second kappa shape index (κ2) is 4.38. The molecule has 0 saturated heterocycles. The van der Waals surface area contributed by atoms with E-state index < -0.39 is 0 Å².